The average molecular weight is 307 g/mol. The van der Waals surface area contributed by atoms with Crippen molar-refractivity contribution < 1.29 is 14.1 Å². The molecule has 3 aliphatic rings. The molecular formula is C17H30BNO3. The number of nitrogens with zero attached hydrogens (tertiary/aromatic N) is 1. The third kappa shape index (κ3) is 2.88. The number of carbonyl (C=O) groups excluding carboxylic acids is 1. The Bertz CT molecular complexity index is 421. The summed E-state index contributed by atoms with van der Waals surface area (Å²) < 4.78 is 12.0. The van der Waals surface area contributed by atoms with Crippen LogP contribution in [-0.2, 0) is 14.1 Å². The lowest BCUT2D eigenvalue weighted by atomic mass is 9.71. The Labute approximate surface area is 135 Å². The zero-order valence-corrected chi connectivity index (χ0v) is 14.7. The van der Waals surface area contributed by atoms with E-state index < -0.39 is 0 Å². The molecule has 124 valence electrons. The van der Waals surface area contributed by atoms with Crippen LogP contribution < -0.4 is 0 Å². The molecule has 0 radical (unpaired) electrons. The van der Waals surface area contributed by atoms with E-state index in [1.54, 1.807) is 0 Å². The van der Waals surface area contributed by atoms with Gasteiger partial charge in [-0.3, -0.25) is 4.79 Å². The van der Waals surface area contributed by atoms with Crippen LogP contribution in [0.25, 0.3) is 0 Å². The Kier molecular flexibility index (Phi) is 4.20. The summed E-state index contributed by atoms with van der Waals surface area (Å²) in [6.45, 7) is 8.16. The number of hydrogen-bond donors (Lipinski definition) is 0. The third-order valence-corrected chi connectivity index (χ3v) is 6.47. The first-order valence-corrected chi connectivity index (χ1v) is 8.80. The lowest BCUT2D eigenvalue weighted by Gasteiger charge is -2.46. The second kappa shape index (κ2) is 5.61. The minimum absolute atomic E-state index is 0.200. The van der Waals surface area contributed by atoms with Gasteiger partial charge in [-0.05, 0) is 60.4 Å². The van der Waals surface area contributed by atoms with Crippen LogP contribution in [0.2, 0.25) is 6.32 Å². The average Bonchev–Trinajstić information content (AvgIpc) is 2.56. The van der Waals surface area contributed by atoms with E-state index in [0.717, 1.165) is 12.8 Å². The Morgan fingerprint density at radius 1 is 1.09 bits per heavy atom. The first-order chi connectivity index (χ1) is 10.2. The van der Waals surface area contributed by atoms with Gasteiger partial charge < -0.3 is 14.2 Å². The van der Waals surface area contributed by atoms with Crippen LogP contribution in [0.5, 0.6) is 0 Å². The van der Waals surface area contributed by atoms with E-state index in [-0.39, 0.29) is 24.2 Å². The van der Waals surface area contributed by atoms with E-state index in [1.807, 2.05) is 27.7 Å². The molecule has 2 atom stereocenters. The predicted octanol–water partition coefficient (Wildman–Crippen LogP) is 2.91. The van der Waals surface area contributed by atoms with Gasteiger partial charge in [0.15, 0.2) is 0 Å². The molecule has 4 nitrogen and oxygen atoms in total. The lowest BCUT2D eigenvalue weighted by molar-refractivity contribution is -0.124. The molecule has 3 fully saturated rings. The molecule has 3 saturated heterocycles. The van der Waals surface area contributed by atoms with Gasteiger partial charge in [-0.2, -0.15) is 0 Å². The van der Waals surface area contributed by atoms with Crippen LogP contribution in [0.15, 0.2) is 0 Å². The van der Waals surface area contributed by atoms with Gasteiger partial charge in [-0.1, -0.05) is 6.42 Å². The normalized spacial score (nSPS) is 37.3. The maximum atomic E-state index is 12.7. The van der Waals surface area contributed by atoms with E-state index in [0.29, 0.717) is 24.2 Å². The number of fused-ring (bicyclic) bond motifs is 2. The Morgan fingerprint density at radius 2 is 1.59 bits per heavy atom. The van der Waals surface area contributed by atoms with Crippen LogP contribution in [-0.4, -0.2) is 48.1 Å². The van der Waals surface area contributed by atoms with E-state index >= 15 is 0 Å². The molecule has 3 aliphatic heterocycles. The van der Waals surface area contributed by atoms with Gasteiger partial charge in [0.1, 0.15) is 5.78 Å². The van der Waals surface area contributed by atoms with Crippen LogP contribution in [0, 0.1) is 5.92 Å². The molecule has 2 unspecified atom stereocenters. The van der Waals surface area contributed by atoms with Gasteiger partial charge in [0.05, 0.1) is 11.2 Å². The minimum atomic E-state index is -0.378. The second-order valence-corrected chi connectivity index (χ2v) is 8.43. The molecule has 0 amide bonds. The molecule has 0 spiro atoms. The molecule has 0 aromatic heterocycles. The van der Waals surface area contributed by atoms with E-state index in [4.69, 9.17) is 9.31 Å². The summed E-state index contributed by atoms with van der Waals surface area (Å²) in [6.07, 6.45) is 6.25. The zero-order chi connectivity index (χ0) is 16.1. The first kappa shape index (κ1) is 16.5. The second-order valence-electron chi connectivity index (χ2n) is 8.43. The van der Waals surface area contributed by atoms with Crippen molar-refractivity contribution in [3.63, 3.8) is 0 Å². The Morgan fingerprint density at radius 3 is 2.09 bits per heavy atom. The molecule has 0 aromatic rings. The molecule has 3 heterocycles. The SMILES string of the molecule is CN1C2CCCC1CC(C(=O)CB1OC(C)(C)C(C)(C)O1)C2. The Balaban J connectivity index is 1.59. The molecular weight excluding hydrogens is 277 g/mol. The maximum Gasteiger partial charge on any atom is 0.465 e. The van der Waals surface area contributed by atoms with Crippen LogP contribution in [0.1, 0.15) is 59.8 Å². The molecule has 5 heteroatoms. The van der Waals surface area contributed by atoms with Crippen molar-refractivity contribution in [1.82, 2.24) is 4.90 Å². The summed E-state index contributed by atoms with van der Waals surface area (Å²) >= 11 is 0. The van der Waals surface area contributed by atoms with Gasteiger partial charge in [-0.15, -0.1) is 0 Å². The van der Waals surface area contributed by atoms with E-state index in [9.17, 15) is 4.79 Å². The molecule has 3 rings (SSSR count). The summed E-state index contributed by atoms with van der Waals surface area (Å²) in [5.74, 6) is 0.536. The summed E-state index contributed by atoms with van der Waals surface area (Å²) in [7, 11) is 1.85. The fraction of sp³-hybridized carbons (Fsp3) is 0.941. The quantitative estimate of drug-likeness (QED) is 0.752. The zero-order valence-electron chi connectivity index (χ0n) is 14.7. The van der Waals surface area contributed by atoms with Gasteiger partial charge >= 0.3 is 7.12 Å². The van der Waals surface area contributed by atoms with Gasteiger partial charge in [0.25, 0.3) is 0 Å². The van der Waals surface area contributed by atoms with Crippen LogP contribution in [0.4, 0.5) is 0 Å². The summed E-state index contributed by atoms with van der Waals surface area (Å²) in [5, 5.41) is 0. The summed E-state index contributed by atoms with van der Waals surface area (Å²) in [5.41, 5.74) is -0.692. The van der Waals surface area contributed by atoms with Crippen molar-refractivity contribution in [3.05, 3.63) is 0 Å². The monoisotopic (exact) mass is 307 g/mol. The lowest BCUT2D eigenvalue weighted by Crippen LogP contribution is -2.51. The standard InChI is InChI=1S/C17H30BNO3/c1-16(2)17(3,4)22-18(21-16)11-15(20)12-9-13-7-6-8-14(10-12)19(13)5/h12-14H,6-11H2,1-5H3. The summed E-state index contributed by atoms with van der Waals surface area (Å²) in [4.78, 5) is 15.2. The van der Waals surface area contributed by atoms with Crippen molar-refractivity contribution in [2.45, 2.75) is 89.4 Å². The molecule has 0 aliphatic carbocycles. The summed E-state index contributed by atoms with van der Waals surface area (Å²) in [6, 6.07) is 1.19. The molecule has 2 bridgehead atoms. The molecule has 0 saturated carbocycles. The molecule has 0 N–H and O–H groups in total. The van der Waals surface area contributed by atoms with Gasteiger partial charge in [0.2, 0.25) is 0 Å². The van der Waals surface area contributed by atoms with Crippen LogP contribution in [0.3, 0.4) is 0 Å². The number of ketones is 1. The van der Waals surface area contributed by atoms with Crippen molar-refractivity contribution >= 4 is 12.9 Å². The highest BCUT2D eigenvalue weighted by molar-refractivity contribution is 6.50. The van der Waals surface area contributed by atoms with Crippen molar-refractivity contribution in [1.29, 1.82) is 0 Å². The number of Topliss-reactive ketones (excluding diaryl/α,β-unsaturated/α-hetero) is 1. The van der Waals surface area contributed by atoms with Gasteiger partial charge in [0, 0.05) is 24.3 Å². The molecule has 0 aromatic carbocycles. The minimum Gasteiger partial charge on any atom is -0.403 e. The van der Waals surface area contributed by atoms with Gasteiger partial charge in [-0.25, -0.2) is 0 Å². The highest BCUT2D eigenvalue weighted by Crippen LogP contribution is 2.40. The predicted molar refractivity (Wildman–Crippen MR) is 87.8 cm³/mol. The Hall–Kier alpha value is -0.385. The highest BCUT2D eigenvalue weighted by atomic mass is 16.7. The number of hydrogen-bond acceptors (Lipinski definition) is 4. The van der Waals surface area contributed by atoms with Crippen molar-refractivity contribution in [2.75, 3.05) is 7.05 Å². The number of rotatable bonds is 3. The van der Waals surface area contributed by atoms with Crippen molar-refractivity contribution in [3.8, 4) is 0 Å². The topological polar surface area (TPSA) is 38.8 Å². The fourth-order valence-electron chi connectivity index (χ4n) is 4.26. The smallest absolute Gasteiger partial charge is 0.403 e. The maximum absolute atomic E-state index is 12.7. The van der Waals surface area contributed by atoms with E-state index in [2.05, 4.69) is 11.9 Å². The highest BCUT2D eigenvalue weighted by Gasteiger charge is 2.52. The van der Waals surface area contributed by atoms with Crippen molar-refractivity contribution in [2.24, 2.45) is 5.92 Å². The number of carbonyl (C=O) groups is 1. The fourth-order valence-corrected chi connectivity index (χ4v) is 4.26. The third-order valence-electron chi connectivity index (χ3n) is 6.47. The largest absolute Gasteiger partial charge is 0.465 e. The van der Waals surface area contributed by atoms with Crippen LogP contribution >= 0.6 is 0 Å². The molecule has 22 heavy (non-hydrogen) atoms. The first-order valence-electron chi connectivity index (χ1n) is 8.80. The van der Waals surface area contributed by atoms with E-state index in [1.165, 1.54) is 19.3 Å². The number of piperidine rings is 2.